The van der Waals surface area contributed by atoms with Gasteiger partial charge in [-0.15, -0.1) is 0 Å². The molecule has 0 spiro atoms. The summed E-state index contributed by atoms with van der Waals surface area (Å²) in [5.41, 5.74) is 5.23. The van der Waals surface area contributed by atoms with Crippen LogP contribution in [0.25, 0.3) is 0 Å². The number of rotatable bonds is 4. The molecule has 0 aromatic carbocycles. The van der Waals surface area contributed by atoms with Gasteiger partial charge in [-0.1, -0.05) is 12.2 Å². The van der Waals surface area contributed by atoms with Crippen LogP contribution >= 0.6 is 0 Å². The molecule has 2 N–H and O–H groups in total. The average Bonchev–Trinajstić information content (AvgIpc) is 2.17. The summed E-state index contributed by atoms with van der Waals surface area (Å²) >= 11 is 0. The maximum atomic E-state index is 11.0. The highest BCUT2D eigenvalue weighted by Crippen LogP contribution is 2.18. The van der Waals surface area contributed by atoms with Crippen LogP contribution in [0, 0.1) is 5.92 Å². The predicted octanol–water partition coefficient (Wildman–Crippen LogP) is 1.23. The molecule has 0 bridgehead atoms. The molecular formula is C10H17NO2. The van der Waals surface area contributed by atoms with E-state index in [1.807, 2.05) is 0 Å². The Hall–Kier alpha value is -0.830. The zero-order valence-electron chi connectivity index (χ0n) is 7.87. The van der Waals surface area contributed by atoms with E-state index < -0.39 is 0 Å². The van der Waals surface area contributed by atoms with Gasteiger partial charge < -0.3 is 10.5 Å². The van der Waals surface area contributed by atoms with E-state index in [2.05, 4.69) is 12.2 Å². The van der Waals surface area contributed by atoms with Gasteiger partial charge in [0.2, 0.25) is 0 Å². The number of hydrogen-bond acceptors (Lipinski definition) is 3. The first-order valence-corrected chi connectivity index (χ1v) is 4.83. The monoisotopic (exact) mass is 183 g/mol. The molecule has 0 aromatic rings. The van der Waals surface area contributed by atoms with Gasteiger partial charge >= 0.3 is 5.97 Å². The summed E-state index contributed by atoms with van der Waals surface area (Å²) in [7, 11) is 0. The number of carbonyl (C=O) groups is 1. The van der Waals surface area contributed by atoms with Crippen molar-refractivity contribution in [1.82, 2.24) is 0 Å². The van der Waals surface area contributed by atoms with E-state index in [1.165, 1.54) is 0 Å². The summed E-state index contributed by atoms with van der Waals surface area (Å²) in [6.45, 7) is 0.937. The van der Waals surface area contributed by atoms with Gasteiger partial charge in [0.1, 0.15) is 0 Å². The van der Waals surface area contributed by atoms with Crippen molar-refractivity contribution in [3.05, 3.63) is 12.2 Å². The Bertz CT molecular complexity index is 189. The minimum atomic E-state index is -0.169. The fourth-order valence-corrected chi connectivity index (χ4v) is 1.41. The molecule has 1 rings (SSSR count). The van der Waals surface area contributed by atoms with Gasteiger partial charge in [0, 0.05) is 6.54 Å². The lowest BCUT2D eigenvalue weighted by Crippen LogP contribution is -2.17. The van der Waals surface area contributed by atoms with Crippen molar-refractivity contribution in [2.24, 2.45) is 11.7 Å². The Balaban J connectivity index is 2.11. The van der Waals surface area contributed by atoms with Crippen LogP contribution in [0.3, 0.4) is 0 Å². The van der Waals surface area contributed by atoms with Crippen molar-refractivity contribution in [1.29, 1.82) is 0 Å². The third kappa shape index (κ3) is 4.08. The van der Waals surface area contributed by atoms with Crippen molar-refractivity contribution in [2.75, 3.05) is 13.2 Å². The van der Waals surface area contributed by atoms with Crippen LogP contribution in [0.1, 0.15) is 25.7 Å². The van der Waals surface area contributed by atoms with Gasteiger partial charge in [-0.2, -0.15) is 0 Å². The third-order valence-corrected chi connectivity index (χ3v) is 2.21. The second kappa shape index (κ2) is 5.75. The smallest absolute Gasteiger partial charge is 0.307 e. The van der Waals surface area contributed by atoms with Gasteiger partial charge in [0.25, 0.3) is 0 Å². The van der Waals surface area contributed by atoms with Crippen LogP contribution in [0.2, 0.25) is 0 Å². The molecule has 3 nitrogen and oxygen atoms in total. The van der Waals surface area contributed by atoms with Crippen LogP contribution in [0.15, 0.2) is 12.2 Å². The summed E-state index contributed by atoms with van der Waals surface area (Å²) in [6, 6.07) is 0. The Morgan fingerprint density at radius 3 is 3.00 bits per heavy atom. The number of hydrogen-bond donors (Lipinski definition) is 1. The number of esters is 1. The normalized spacial score (nSPS) is 21.5. The molecule has 0 aliphatic heterocycles. The van der Waals surface area contributed by atoms with Gasteiger partial charge in [-0.05, 0) is 25.2 Å². The molecular weight excluding hydrogens is 166 g/mol. The van der Waals surface area contributed by atoms with Crippen LogP contribution in [0.5, 0.6) is 0 Å². The quantitative estimate of drug-likeness (QED) is 0.527. The van der Waals surface area contributed by atoms with Gasteiger partial charge in [-0.25, -0.2) is 0 Å². The third-order valence-electron chi connectivity index (χ3n) is 2.21. The SMILES string of the molecule is NCCC(=O)OCC1CC=CCC1. The fourth-order valence-electron chi connectivity index (χ4n) is 1.41. The maximum absolute atomic E-state index is 11.0. The largest absolute Gasteiger partial charge is 0.465 e. The van der Waals surface area contributed by atoms with Crippen molar-refractivity contribution in [3.8, 4) is 0 Å². The highest BCUT2D eigenvalue weighted by atomic mass is 16.5. The first-order chi connectivity index (χ1) is 6.33. The number of nitrogens with two attached hydrogens (primary N) is 1. The number of ether oxygens (including phenoxy) is 1. The van der Waals surface area contributed by atoms with Crippen LogP contribution < -0.4 is 5.73 Å². The highest BCUT2D eigenvalue weighted by molar-refractivity contribution is 5.69. The second-order valence-corrected chi connectivity index (χ2v) is 3.37. The summed E-state index contributed by atoms with van der Waals surface area (Å²) in [4.78, 5) is 11.0. The summed E-state index contributed by atoms with van der Waals surface area (Å²) < 4.78 is 5.07. The fraction of sp³-hybridized carbons (Fsp3) is 0.700. The lowest BCUT2D eigenvalue weighted by atomic mass is 9.95. The molecule has 0 aromatic heterocycles. The molecule has 3 heteroatoms. The van der Waals surface area contributed by atoms with Gasteiger partial charge in [0.05, 0.1) is 13.0 Å². The molecule has 1 unspecified atom stereocenters. The topological polar surface area (TPSA) is 52.3 Å². The molecule has 0 fully saturated rings. The Morgan fingerprint density at radius 2 is 2.38 bits per heavy atom. The van der Waals surface area contributed by atoms with Crippen molar-refractivity contribution in [3.63, 3.8) is 0 Å². The summed E-state index contributed by atoms with van der Waals surface area (Å²) in [6.07, 6.45) is 7.95. The summed E-state index contributed by atoms with van der Waals surface area (Å²) in [5.74, 6) is 0.351. The summed E-state index contributed by atoms with van der Waals surface area (Å²) in [5, 5.41) is 0. The first-order valence-electron chi connectivity index (χ1n) is 4.83. The van der Waals surface area contributed by atoms with E-state index in [0.717, 1.165) is 19.3 Å². The van der Waals surface area contributed by atoms with E-state index in [9.17, 15) is 4.79 Å². The molecule has 13 heavy (non-hydrogen) atoms. The van der Waals surface area contributed by atoms with Crippen molar-refractivity contribution in [2.45, 2.75) is 25.7 Å². The number of carbonyl (C=O) groups excluding carboxylic acids is 1. The molecule has 0 heterocycles. The van der Waals surface area contributed by atoms with Crippen molar-refractivity contribution >= 4 is 5.97 Å². The van der Waals surface area contributed by atoms with E-state index in [-0.39, 0.29) is 5.97 Å². The molecule has 74 valence electrons. The van der Waals surface area contributed by atoms with Crippen molar-refractivity contribution < 1.29 is 9.53 Å². The zero-order valence-corrected chi connectivity index (χ0v) is 7.87. The molecule has 0 radical (unpaired) electrons. The zero-order chi connectivity index (χ0) is 9.52. The van der Waals surface area contributed by atoms with E-state index >= 15 is 0 Å². The minimum absolute atomic E-state index is 0.169. The van der Waals surface area contributed by atoms with Crippen LogP contribution in [-0.4, -0.2) is 19.1 Å². The lowest BCUT2D eigenvalue weighted by Gasteiger charge is -2.17. The molecule has 0 amide bonds. The lowest BCUT2D eigenvalue weighted by molar-refractivity contribution is -0.144. The average molecular weight is 183 g/mol. The Labute approximate surface area is 78.9 Å². The molecule has 0 saturated carbocycles. The second-order valence-electron chi connectivity index (χ2n) is 3.37. The van der Waals surface area contributed by atoms with E-state index in [4.69, 9.17) is 10.5 Å². The molecule has 1 aliphatic rings. The van der Waals surface area contributed by atoms with E-state index in [1.54, 1.807) is 0 Å². The minimum Gasteiger partial charge on any atom is -0.465 e. The standard InChI is InChI=1S/C10H17NO2/c11-7-6-10(12)13-8-9-4-2-1-3-5-9/h1-2,9H,3-8,11H2. The molecule has 0 saturated heterocycles. The Morgan fingerprint density at radius 1 is 1.54 bits per heavy atom. The maximum Gasteiger partial charge on any atom is 0.307 e. The predicted molar refractivity (Wildman–Crippen MR) is 51.1 cm³/mol. The van der Waals surface area contributed by atoms with E-state index in [0.29, 0.717) is 25.5 Å². The van der Waals surface area contributed by atoms with Crippen LogP contribution in [0.4, 0.5) is 0 Å². The van der Waals surface area contributed by atoms with Gasteiger partial charge in [-0.3, -0.25) is 4.79 Å². The van der Waals surface area contributed by atoms with Crippen LogP contribution in [-0.2, 0) is 9.53 Å². The first kappa shape index (κ1) is 10.3. The number of allylic oxidation sites excluding steroid dienone is 2. The molecule has 1 aliphatic carbocycles. The van der Waals surface area contributed by atoms with Gasteiger partial charge in [0.15, 0.2) is 0 Å². The Kier molecular flexibility index (Phi) is 4.54. The molecule has 1 atom stereocenters. The highest BCUT2D eigenvalue weighted by Gasteiger charge is 2.11.